The number of phosphoric acid groups is 2. The number of ether oxygens (including phenoxy) is 4. The van der Waals surface area contributed by atoms with Gasteiger partial charge in [0.1, 0.15) is 19.3 Å². The highest BCUT2D eigenvalue weighted by Gasteiger charge is 2.30. The molecule has 0 spiro atoms. The fourth-order valence-electron chi connectivity index (χ4n) is 10.1. The third kappa shape index (κ3) is 60.1. The molecule has 0 amide bonds. The lowest BCUT2D eigenvalue weighted by atomic mass is 9.99. The van der Waals surface area contributed by atoms with Gasteiger partial charge in [-0.05, 0) is 43.4 Å². The Hall–Kier alpha value is -1.94. The Labute approximate surface area is 530 Å². The molecule has 0 aliphatic heterocycles. The van der Waals surface area contributed by atoms with Crippen molar-refractivity contribution in [3.05, 3.63) is 0 Å². The van der Waals surface area contributed by atoms with E-state index in [0.29, 0.717) is 25.7 Å². The largest absolute Gasteiger partial charge is 0.472 e. The van der Waals surface area contributed by atoms with Gasteiger partial charge < -0.3 is 33.8 Å². The van der Waals surface area contributed by atoms with Crippen molar-refractivity contribution in [2.75, 3.05) is 39.6 Å². The summed E-state index contributed by atoms with van der Waals surface area (Å²) >= 11 is 0. The predicted molar refractivity (Wildman–Crippen MR) is 349 cm³/mol. The van der Waals surface area contributed by atoms with Crippen molar-refractivity contribution in [2.24, 2.45) is 17.8 Å². The van der Waals surface area contributed by atoms with Gasteiger partial charge >= 0.3 is 39.5 Å². The van der Waals surface area contributed by atoms with Gasteiger partial charge in [0.05, 0.1) is 26.4 Å². The molecule has 7 atom stereocenters. The first-order chi connectivity index (χ1) is 41.8. The summed E-state index contributed by atoms with van der Waals surface area (Å²) in [6.45, 7) is 11.8. The number of esters is 4. The molecule has 19 heteroatoms. The fraction of sp³-hybridized carbons (Fsp3) is 0.941. The summed E-state index contributed by atoms with van der Waals surface area (Å²) in [7, 11) is -9.90. The van der Waals surface area contributed by atoms with E-state index in [-0.39, 0.29) is 25.7 Å². The zero-order chi connectivity index (χ0) is 64.5. The molecule has 0 aromatic carbocycles. The fourth-order valence-corrected chi connectivity index (χ4v) is 11.7. The highest BCUT2D eigenvalue weighted by Crippen LogP contribution is 2.45. The van der Waals surface area contributed by atoms with Crippen LogP contribution in [0.3, 0.4) is 0 Å². The van der Waals surface area contributed by atoms with Crippen LogP contribution in [0.2, 0.25) is 0 Å². The molecule has 17 nitrogen and oxygen atoms in total. The van der Waals surface area contributed by atoms with Gasteiger partial charge in [-0.3, -0.25) is 37.3 Å². The summed E-state index contributed by atoms with van der Waals surface area (Å²) in [5.74, 6) is 0.131. The monoisotopic (exact) mass is 1280 g/mol. The molecular formula is C68H132O17P2. The average Bonchev–Trinajstić information content (AvgIpc) is 3.71. The first kappa shape index (κ1) is 85.1. The van der Waals surface area contributed by atoms with Gasteiger partial charge in [0, 0.05) is 25.7 Å². The van der Waals surface area contributed by atoms with Crippen molar-refractivity contribution in [1.29, 1.82) is 0 Å². The number of carbonyl (C=O) groups excluding carboxylic acids is 4. The number of rotatable bonds is 66. The zero-order valence-electron chi connectivity index (χ0n) is 56.5. The quantitative estimate of drug-likeness (QED) is 0.0222. The van der Waals surface area contributed by atoms with E-state index < -0.39 is 97.5 Å². The predicted octanol–water partition coefficient (Wildman–Crippen LogP) is 19.1. The van der Waals surface area contributed by atoms with Gasteiger partial charge in [0.15, 0.2) is 12.2 Å². The van der Waals surface area contributed by atoms with E-state index in [0.717, 1.165) is 114 Å². The number of unbranched alkanes of at least 4 members (excludes halogenated alkanes) is 32. The van der Waals surface area contributed by atoms with Gasteiger partial charge in [-0.1, -0.05) is 286 Å². The molecule has 0 aromatic heterocycles. The lowest BCUT2D eigenvalue weighted by Gasteiger charge is -2.21. The Morgan fingerprint density at radius 3 is 0.874 bits per heavy atom. The van der Waals surface area contributed by atoms with Crippen LogP contribution in [-0.4, -0.2) is 96.7 Å². The smallest absolute Gasteiger partial charge is 0.462 e. The summed E-state index contributed by atoms with van der Waals surface area (Å²) < 4.78 is 68.2. The molecule has 0 saturated carbocycles. The third-order valence-electron chi connectivity index (χ3n) is 16.4. The maximum Gasteiger partial charge on any atom is 0.472 e. The minimum absolute atomic E-state index is 0.105. The van der Waals surface area contributed by atoms with Gasteiger partial charge in [-0.25, -0.2) is 9.13 Å². The van der Waals surface area contributed by atoms with Crippen molar-refractivity contribution in [3.63, 3.8) is 0 Å². The highest BCUT2D eigenvalue weighted by atomic mass is 31.2. The van der Waals surface area contributed by atoms with Gasteiger partial charge in [-0.2, -0.15) is 0 Å². The molecule has 4 unspecified atom stereocenters. The molecule has 0 aliphatic rings. The van der Waals surface area contributed by atoms with Crippen molar-refractivity contribution >= 4 is 39.5 Å². The van der Waals surface area contributed by atoms with Crippen molar-refractivity contribution in [2.45, 2.75) is 356 Å². The Morgan fingerprint density at radius 2 is 0.586 bits per heavy atom. The van der Waals surface area contributed by atoms with Gasteiger partial charge in [0.25, 0.3) is 0 Å². The Balaban J connectivity index is 5.27. The molecule has 0 rings (SSSR count). The lowest BCUT2D eigenvalue weighted by Crippen LogP contribution is -2.30. The van der Waals surface area contributed by atoms with Crippen LogP contribution < -0.4 is 0 Å². The van der Waals surface area contributed by atoms with E-state index in [1.165, 1.54) is 141 Å². The molecule has 0 aromatic rings. The molecule has 0 saturated heterocycles. The zero-order valence-corrected chi connectivity index (χ0v) is 58.3. The van der Waals surface area contributed by atoms with Gasteiger partial charge in [0.2, 0.25) is 0 Å². The van der Waals surface area contributed by atoms with Crippen molar-refractivity contribution in [1.82, 2.24) is 0 Å². The Bertz CT molecular complexity index is 1720. The summed E-state index contributed by atoms with van der Waals surface area (Å²) in [5, 5.41) is 10.6. The highest BCUT2D eigenvalue weighted by molar-refractivity contribution is 7.47. The second-order valence-corrected chi connectivity index (χ2v) is 28.4. The number of carbonyl (C=O) groups is 4. The van der Waals surface area contributed by atoms with Crippen LogP contribution in [0.25, 0.3) is 0 Å². The SMILES string of the molecule is CCCCCCCCCCCCCCC(=O)O[C@H](COC(=O)CCCCCCCCC(C)CC)COP(=O)(O)OC[C@H](O)COP(=O)(O)OC[C@@H](COC(=O)CCCCCCCCCCC(C)CC)OC(=O)CCCCCCCCCCCCC(C)C. The second-order valence-electron chi connectivity index (χ2n) is 25.5. The molecule has 0 fully saturated rings. The molecule has 87 heavy (non-hydrogen) atoms. The van der Waals surface area contributed by atoms with E-state index in [1.54, 1.807) is 0 Å². The minimum Gasteiger partial charge on any atom is -0.462 e. The standard InChI is InChI=1S/C68H132O17P2/c1-8-11-12-13-14-15-16-17-21-28-37-44-51-67(72)85-64(56-79-66(71)50-43-36-31-30-34-41-48-61(7)10-3)58-83-87(76,77)81-54-62(69)53-80-86(74,75)82-57-63(55-78-65(70)49-42-35-27-24-23-26-33-40-47-60(6)9-2)84-68(73)52-45-38-29-22-19-18-20-25-32-39-46-59(4)5/h59-64,69H,8-58H2,1-7H3,(H,74,75)(H,76,77)/t60?,61?,62-,63-,64-/m1/s1. The van der Waals surface area contributed by atoms with E-state index in [2.05, 4.69) is 48.5 Å². The number of aliphatic hydroxyl groups excluding tert-OH is 1. The maximum absolute atomic E-state index is 13.0. The number of phosphoric ester groups is 2. The van der Waals surface area contributed by atoms with Crippen molar-refractivity contribution in [3.8, 4) is 0 Å². The van der Waals surface area contributed by atoms with Crippen LogP contribution in [0.5, 0.6) is 0 Å². The van der Waals surface area contributed by atoms with Crippen LogP contribution in [0.4, 0.5) is 0 Å². The molecule has 0 heterocycles. The average molecular weight is 1280 g/mol. The number of hydrogen-bond acceptors (Lipinski definition) is 15. The number of hydrogen-bond donors (Lipinski definition) is 3. The first-order valence-corrected chi connectivity index (χ1v) is 38.4. The van der Waals surface area contributed by atoms with Crippen molar-refractivity contribution < 1.29 is 80.2 Å². The normalized spacial score (nSPS) is 14.9. The Kier molecular flexibility index (Phi) is 57.8. The summed E-state index contributed by atoms with van der Waals surface area (Å²) in [6, 6.07) is 0. The van der Waals surface area contributed by atoms with Crippen LogP contribution in [0, 0.1) is 17.8 Å². The molecular weight excluding hydrogens is 1150 g/mol. The third-order valence-corrected chi connectivity index (χ3v) is 18.3. The number of aliphatic hydroxyl groups is 1. The van der Waals surface area contributed by atoms with Crippen LogP contribution >= 0.6 is 15.6 Å². The Morgan fingerprint density at radius 1 is 0.333 bits per heavy atom. The van der Waals surface area contributed by atoms with Gasteiger partial charge in [-0.15, -0.1) is 0 Å². The second kappa shape index (κ2) is 59.1. The molecule has 0 bridgehead atoms. The summed E-state index contributed by atoms with van der Waals surface area (Å²) in [6.07, 6.45) is 41.5. The lowest BCUT2D eigenvalue weighted by molar-refractivity contribution is -0.161. The van der Waals surface area contributed by atoms with E-state index >= 15 is 0 Å². The first-order valence-electron chi connectivity index (χ1n) is 35.4. The van der Waals surface area contributed by atoms with E-state index in [1.807, 2.05) is 0 Å². The summed E-state index contributed by atoms with van der Waals surface area (Å²) in [5.41, 5.74) is 0. The molecule has 516 valence electrons. The molecule has 0 aliphatic carbocycles. The topological polar surface area (TPSA) is 237 Å². The minimum atomic E-state index is -4.95. The van der Waals surface area contributed by atoms with Crippen LogP contribution in [0.15, 0.2) is 0 Å². The molecule has 3 N–H and O–H groups in total. The summed E-state index contributed by atoms with van der Waals surface area (Å²) in [4.78, 5) is 72.4. The molecule has 0 radical (unpaired) electrons. The van der Waals surface area contributed by atoms with E-state index in [4.69, 9.17) is 37.0 Å². The van der Waals surface area contributed by atoms with Crippen LogP contribution in [-0.2, 0) is 65.4 Å². The maximum atomic E-state index is 13.0. The van der Waals surface area contributed by atoms with Crippen LogP contribution in [0.1, 0.15) is 337 Å². The van der Waals surface area contributed by atoms with E-state index in [9.17, 15) is 43.2 Å².